The summed E-state index contributed by atoms with van der Waals surface area (Å²) < 4.78 is 30.6. The molecule has 188 valence electrons. The van der Waals surface area contributed by atoms with Crippen molar-refractivity contribution >= 4 is 23.3 Å². The van der Waals surface area contributed by atoms with E-state index >= 15 is 4.39 Å². The van der Waals surface area contributed by atoms with Crippen molar-refractivity contribution in [3.05, 3.63) is 128 Å². The van der Waals surface area contributed by atoms with Crippen molar-refractivity contribution in [3.8, 4) is 11.1 Å². The Morgan fingerprint density at radius 1 is 0.973 bits per heavy atom. The monoisotopic (exact) mass is 522 g/mol. The highest BCUT2D eigenvalue weighted by Crippen LogP contribution is 2.34. The molecule has 4 aromatic rings. The Balaban J connectivity index is 1.74. The van der Waals surface area contributed by atoms with Crippen LogP contribution >= 0.6 is 11.6 Å². The number of hydrogen-bond donors (Lipinski definition) is 2. The number of benzene rings is 3. The number of aromatic carboxylic acids is 1. The first-order chi connectivity index (χ1) is 17.7. The lowest BCUT2D eigenvalue weighted by molar-refractivity contribution is 0.0692. The van der Waals surface area contributed by atoms with Crippen LogP contribution in [0, 0.1) is 11.6 Å². The molecular formula is C28H21ClF2N2O4. The predicted molar refractivity (Wildman–Crippen MR) is 137 cm³/mol. The minimum atomic E-state index is -1.35. The minimum Gasteiger partial charge on any atom is -0.478 e. The second-order valence-electron chi connectivity index (χ2n) is 8.46. The van der Waals surface area contributed by atoms with E-state index in [4.69, 9.17) is 16.7 Å². The van der Waals surface area contributed by atoms with E-state index in [1.165, 1.54) is 41.1 Å². The summed E-state index contributed by atoms with van der Waals surface area (Å²) >= 11 is 5.96. The van der Waals surface area contributed by atoms with Gasteiger partial charge in [0.05, 0.1) is 11.3 Å². The highest BCUT2D eigenvalue weighted by Gasteiger charge is 2.22. The topological polar surface area (TPSA) is 91.9 Å². The molecule has 0 bridgehead atoms. The first-order valence-corrected chi connectivity index (χ1v) is 11.5. The molecule has 0 aliphatic heterocycles. The van der Waals surface area contributed by atoms with Crippen LogP contribution in [0.25, 0.3) is 11.1 Å². The summed E-state index contributed by atoms with van der Waals surface area (Å²) in [5.74, 6) is -3.34. The van der Waals surface area contributed by atoms with Crippen molar-refractivity contribution in [1.29, 1.82) is 0 Å². The zero-order chi connectivity index (χ0) is 26.7. The highest BCUT2D eigenvalue weighted by molar-refractivity contribution is 6.30. The summed E-state index contributed by atoms with van der Waals surface area (Å²) in [5.41, 5.74) is 2.19. The van der Waals surface area contributed by atoms with Gasteiger partial charge in [-0.15, -0.1) is 0 Å². The summed E-state index contributed by atoms with van der Waals surface area (Å²) in [6, 6.07) is 18.0. The van der Waals surface area contributed by atoms with E-state index in [-0.39, 0.29) is 22.7 Å². The normalized spacial score (nSPS) is 12.4. The van der Waals surface area contributed by atoms with Gasteiger partial charge in [-0.1, -0.05) is 53.2 Å². The lowest BCUT2D eigenvalue weighted by Gasteiger charge is -2.20. The molecule has 1 heterocycles. The first-order valence-electron chi connectivity index (χ1n) is 11.1. The SMILES string of the molecule is Cn1cc(C(C[C@H](c2ccc(-c3ccc(C(=O)O)c(F)c3)cc2)c2ccc(Cl)cc2F)=NO)ccc1=O. The van der Waals surface area contributed by atoms with Gasteiger partial charge in [0.15, 0.2) is 0 Å². The average molecular weight is 523 g/mol. The zero-order valence-electron chi connectivity index (χ0n) is 19.5. The maximum atomic E-state index is 15.0. The molecule has 0 aliphatic carbocycles. The van der Waals surface area contributed by atoms with Crippen LogP contribution in [0.3, 0.4) is 0 Å². The Hall–Kier alpha value is -4.30. The maximum absolute atomic E-state index is 15.0. The standard InChI is InChI=1S/C28H21ClF2N2O4/c1-33-15-19(7-11-27(33)34)26(32-37)14-23(21-10-8-20(29)13-25(21)31)17-4-2-16(3-5-17)18-6-9-22(28(35)36)24(30)12-18/h2-13,15,23,37H,14H2,1H3,(H,35,36)/t23-/m1/s1. The van der Waals surface area contributed by atoms with Crippen molar-refractivity contribution in [3.63, 3.8) is 0 Å². The quantitative estimate of drug-likeness (QED) is 0.175. The average Bonchev–Trinajstić information content (AvgIpc) is 2.87. The fraction of sp³-hybridized carbons (Fsp3) is 0.107. The lowest BCUT2D eigenvalue weighted by Crippen LogP contribution is -2.18. The summed E-state index contributed by atoms with van der Waals surface area (Å²) in [4.78, 5) is 22.9. The van der Waals surface area contributed by atoms with Gasteiger partial charge in [-0.25, -0.2) is 13.6 Å². The third-order valence-electron chi connectivity index (χ3n) is 6.12. The van der Waals surface area contributed by atoms with Gasteiger partial charge in [0, 0.05) is 42.2 Å². The Labute approximate surface area is 215 Å². The molecule has 1 atom stereocenters. The molecule has 0 spiro atoms. The van der Waals surface area contributed by atoms with E-state index in [1.54, 1.807) is 43.4 Å². The number of halogens is 3. The molecule has 2 N–H and O–H groups in total. The second-order valence-corrected chi connectivity index (χ2v) is 8.89. The van der Waals surface area contributed by atoms with E-state index in [1.807, 2.05) is 0 Å². The van der Waals surface area contributed by atoms with Crippen LogP contribution in [-0.2, 0) is 7.05 Å². The number of hydrogen-bond acceptors (Lipinski definition) is 4. The molecule has 1 aromatic heterocycles. The van der Waals surface area contributed by atoms with Crippen molar-refractivity contribution < 1.29 is 23.9 Å². The number of nitrogens with zero attached hydrogens (tertiary/aromatic N) is 2. The van der Waals surface area contributed by atoms with E-state index in [9.17, 15) is 19.2 Å². The van der Waals surface area contributed by atoms with Crippen molar-refractivity contribution in [1.82, 2.24) is 4.57 Å². The Morgan fingerprint density at radius 3 is 2.27 bits per heavy atom. The number of aromatic nitrogens is 1. The second kappa shape index (κ2) is 10.8. The molecule has 0 aliphatic rings. The van der Waals surface area contributed by atoms with E-state index < -0.39 is 29.1 Å². The molecule has 0 saturated heterocycles. The summed E-state index contributed by atoms with van der Waals surface area (Å²) in [5, 5.41) is 22.5. The molecule has 0 fully saturated rings. The van der Waals surface area contributed by atoms with Crippen LogP contribution in [0.2, 0.25) is 5.02 Å². The number of carbonyl (C=O) groups is 1. The lowest BCUT2D eigenvalue weighted by atomic mass is 9.84. The molecule has 0 radical (unpaired) electrons. The summed E-state index contributed by atoms with van der Waals surface area (Å²) in [6.07, 6.45) is 1.62. The summed E-state index contributed by atoms with van der Waals surface area (Å²) in [7, 11) is 1.57. The highest BCUT2D eigenvalue weighted by atomic mass is 35.5. The van der Waals surface area contributed by atoms with Crippen LogP contribution in [0.4, 0.5) is 8.78 Å². The molecule has 37 heavy (non-hydrogen) atoms. The van der Waals surface area contributed by atoms with Gasteiger partial charge in [0.2, 0.25) is 5.56 Å². The maximum Gasteiger partial charge on any atom is 0.338 e. The van der Waals surface area contributed by atoms with E-state index in [0.29, 0.717) is 27.8 Å². The van der Waals surface area contributed by atoms with Crippen LogP contribution in [0.15, 0.2) is 88.9 Å². The third kappa shape index (κ3) is 5.59. The molecule has 0 amide bonds. The smallest absolute Gasteiger partial charge is 0.338 e. The van der Waals surface area contributed by atoms with Gasteiger partial charge in [0.25, 0.3) is 0 Å². The Kier molecular flexibility index (Phi) is 7.50. The zero-order valence-corrected chi connectivity index (χ0v) is 20.3. The third-order valence-corrected chi connectivity index (χ3v) is 6.36. The van der Waals surface area contributed by atoms with Crippen LogP contribution in [0.5, 0.6) is 0 Å². The van der Waals surface area contributed by atoms with Crippen molar-refractivity contribution in [2.75, 3.05) is 0 Å². The largest absolute Gasteiger partial charge is 0.478 e. The Morgan fingerprint density at radius 2 is 1.68 bits per heavy atom. The number of carboxylic acids is 1. The van der Waals surface area contributed by atoms with Gasteiger partial charge >= 0.3 is 5.97 Å². The number of pyridine rings is 1. The van der Waals surface area contributed by atoms with Crippen molar-refractivity contribution in [2.24, 2.45) is 12.2 Å². The number of aryl methyl sites for hydroxylation is 1. The molecular weight excluding hydrogens is 502 g/mol. The molecule has 6 nitrogen and oxygen atoms in total. The molecule has 4 rings (SSSR count). The van der Waals surface area contributed by atoms with Gasteiger partial charge in [-0.05, 0) is 52.6 Å². The first kappa shape index (κ1) is 25.8. The minimum absolute atomic E-state index is 0.0918. The Bertz CT molecular complexity index is 1570. The van der Waals surface area contributed by atoms with Gasteiger partial charge in [0.1, 0.15) is 11.6 Å². The predicted octanol–water partition coefficient (Wildman–Crippen LogP) is 6.08. The van der Waals surface area contributed by atoms with E-state index in [0.717, 1.165) is 6.07 Å². The van der Waals surface area contributed by atoms with E-state index in [2.05, 4.69) is 5.16 Å². The molecule has 3 aromatic carbocycles. The number of rotatable bonds is 7. The van der Waals surface area contributed by atoms with Gasteiger partial charge < -0.3 is 14.9 Å². The molecule has 9 heteroatoms. The van der Waals surface area contributed by atoms with Gasteiger partial charge in [-0.3, -0.25) is 4.79 Å². The number of oxime groups is 1. The molecule has 0 saturated carbocycles. The fourth-order valence-electron chi connectivity index (χ4n) is 4.14. The van der Waals surface area contributed by atoms with Gasteiger partial charge in [-0.2, -0.15) is 0 Å². The number of carboxylic acid groups (broad SMARTS) is 1. The van der Waals surface area contributed by atoms with Crippen LogP contribution < -0.4 is 5.56 Å². The van der Waals surface area contributed by atoms with Crippen LogP contribution in [0.1, 0.15) is 39.4 Å². The fourth-order valence-corrected chi connectivity index (χ4v) is 4.30. The summed E-state index contributed by atoms with van der Waals surface area (Å²) in [6.45, 7) is 0. The van der Waals surface area contributed by atoms with Crippen LogP contribution in [-0.4, -0.2) is 26.6 Å². The van der Waals surface area contributed by atoms with Crippen molar-refractivity contribution in [2.45, 2.75) is 12.3 Å². The molecule has 0 unspecified atom stereocenters.